The van der Waals surface area contributed by atoms with E-state index in [2.05, 4.69) is 17.4 Å². The number of benzene rings is 2. The van der Waals surface area contributed by atoms with Gasteiger partial charge in [-0.25, -0.2) is 4.79 Å². The van der Waals surface area contributed by atoms with Crippen molar-refractivity contribution in [1.29, 1.82) is 0 Å². The summed E-state index contributed by atoms with van der Waals surface area (Å²) >= 11 is 0. The zero-order valence-electron chi connectivity index (χ0n) is 17.1. The molecule has 158 valence electrons. The molecule has 0 atom stereocenters. The second-order valence-electron chi connectivity index (χ2n) is 7.51. The van der Waals surface area contributed by atoms with Crippen LogP contribution < -0.4 is 5.32 Å². The molecule has 0 fully saturated rings. The second-order valence-corrected chi connectivity index (χ2v) is 7.51. The van der Waals surface area contributed by atoms with Gasteiger partial charge in [-0.2, -0.15) is 0 Å². The summed E-state index contributed by atoms with van der Waals surface area (Å²) in [5.41, 5.74) is 4.56. The molecule has 0 aliphatic heterocycles. The van der Waals surface area contributed by atoms with Gasteiger partial charge < -0.3 is 20.1 Å². The van der Waals surface area contributed by atoms with E-state index in [1.54, 1.807) is 13.8 Å². The minimum Gasteiger partial charge on any atom is -0.480 e. The van der Waals surface area contributed by atoms with E-state index < -0.39 is 12.1 Å². The molecular weight excluding hydrogens is 384 g/mol. The first-order valence-electron chi connectivity index (χ1n) is 9.98. The minimum atomic E-state index is -1.07. The largest absolute Gasteiger partial charge is 0.480 e. The Balaban J connectivity index is 1.52. The Hall–Kier alpha value is -3.35. The fourth-order valence-corrected chi connectivity index (χ4v) is 3.77. The molecule has 0 aromatic heterocycles. The van der Waals surface area contributed by atoms with Crippen LogP contribution in [0.3, 0.4) is 0 Å². The standard InChI is InChI=1S/C23H26N2O5/c1-15(2)25(13-22(27)28)21(26)11-12-24-23(29)30-14-20-18-9-5-3-7-16(18)17-8-4-6-10-19(17)20/h3-10,15,20H,11-14H2,1-2H3,(H,24,29)(H,27,28). The molecule has 0 radical (unpaired) electrons. The van der Waals surface area contributed by atoms with Crippen molar-refractivity contribution < 1.29 is 24.2 Å². The van der Waals surface area contributed by atoms with Crippen LogP contribution in [-0.4, -0.2) is 53.7 Å². The van der Waals surface area contributed by atoms with E-state index in [-0.39, 0.29) is 44.0 Å². The zero-order chi connectivity index (χ0) is 21.7. The number of hydrogen-bond donors (Lipinski definition) is 2. The van der Waals surface area contributed by atoms with Crippen LogP contribution >= 0.6 is 0 Å². The Morgan fingerprint density at radius 3 is 2.13 bits per heavy atom. The normalized spacial score (nSPS) is 12.2. The number of fused-ring (bicyclic) bond motifs is 3. The van der Waals surface area contributed by atoms with Gasteiger partial charge in [-0.1, -0.05) is 48.5 Å². The van der Waals surface area contributed by atoms with Crippen LogP contribution in [0.2, 0.25) is 0 Å². The number of carbonyl (C=O) groups is 3. The van der Waals surface area contributed by atoms with E-state index >= 15 is 0 Å². The second kappa shape index (κ2) is 9.43. The fourth-order valence-electron chi connectivity index (χ4n) is 3.77. The van der Waals surface area contributed by atoms with Crippen LogP contribution in [0.5, 0.6) is 0 Å². The van der Waals surface area contributed by atoms with Gasteiger partial charge in [-0.15, -0.1) is 0 Å². The number of carboxylic acid groups (broad SMARTS) is 1. The van der Waals surface area contributed by atoms with E-state index in [1.807, 2.05) is 36.4 Å². The molecule has 3 rings (SSSR count). The van der Waals surface area contributed by atoms with Crippen molar-refractivity contribution in [1.82, 2.24) is 10.2 Å². The van der Waals surface area contributed by atoms with Gasteiger partial charge in [0.25, 0.3) is 0 Å². The predicted molar refractivity (Wildman–Crippen MR) is 112 cm³/mol. The molecule has 0 heterocycles. The van der Waals surface area contributed by atoms with Crippen LogP contribution in [0.1, 0.15) is 37.3 Å². The van der Waals surface area contributed by atoms with Crippen molar-refractivity contribution in [3.63, 3.8) is 0 Å². The van der Waals surface area contributed by atoms with E-state index in [1.165, 1.54) is 4.90 Å². The Labute approximate surface area is 175 Å². The van der Waals surface area contributed by atoms with Crippen LogP contribution in [0, 0.1) is 0 Å². The van der Waals surface area contributed by atoms with Crippen molar-refractivity contribution in [2.75, 3.05) is 19.7 Å². The highest BCUT2D eigenvalue weighted by Crippen LogP contribution is 2.44. The highest BCUT2D eigenvalue weighted by atomic mass is 16.5. The monoisotopic (exact) mass is 410 g/mol. The van der Waals surface area contributed by atoms with Gasteiger partial charge in [0, 0.05) is 24.9 Å². The third kappa shape index (κ3) is 4.79. The van der Waals surface area contributed by atoms with Gasteiger partial charge in [-0.05, 0) is 36.1 Å². The van der Waals surface area contributed by atoms with Crippen molar-refractivity contribution in [2.45, 2.75) is 32.2 Å². The number of carboxylic acids is 1. The summed E-state index contributed by atoms with van der Waals surface area (Å²) < 4.78 is 5.42. The highest BCUT2D eigenvalue weighted by molar-refractivity contribution is 5.82. The topological polar surface area (TPSA) is 95.9 Å². The lowest BCUT2D eigenvalue weighted by molar-refractivity contribution is -0.145. The number of nitrogens with zero attached hydrogens (tertiary/aromatic N) is 1. The smallest absolute Gasteiger partial charge is 0.407 e. The highest BCUT2D eigenvalue weighted by Gasteiger charge is 2.29. The molecule has 2 aromatic carbocycles. The minimum absolute atomic E-state index is 0.00958. The summed E-state index contributed by atoms with van der Waals surface area (Å²) in [6.07, 6.45) is -0.589. The quantitative estimate of drug-likeness (QED) is 0.697. The van der Waals surface area contributed by atoms with Gasteiger partial charge in [0.1, 0.15) is 13.2 Å². The number of aliphatic carboxylic acids is 1. The Morgan fingerprint density at radius 1 is 1.03 bits per heavy atom. The molecule has 0 saturated heterocycles. The molecule has 2 amide bonds. The third-order valence-corrected chi connectivity index (χ3v) is 5.20. The number of hydrogen-bond acceptors (Lipinski definition) is 4. The molecule has 7 heteroatoms. The van der Waals surface area contributed by atoms with Crippen LogP contribution in [-0.2, 0) is 14.3 Å². The lowest BCUT2D eigenvalue weighted by atomic mass is 9.98. The lowest BCUT2D eigenvalue weighted by Crippen LogP contribution is -2.42. The van der Waals surface area contributed by atoms with Crippen molar-refractivity contribution in [3.05, 3.63) is 59.7 Å². The number of amides is 2. The summed E-state index contributed by atoms with van der Waals surface area (Å²) in [7, 11) is 0. The molecule has 0 spiro atoms. The van der Waals surface area contributed by atoms with Gasteiger partial charge in [-0.3, -0.25) is 9.59 Å². The molecule has 0 unspecified atom stereocenters. The number of carbonyl (C=O) groups excluding carboxylic acids is 2. The fraction of sp³-hybridized carbons (Fsp3) is 0.348. The molecule has 0 bridgehead atoms. The average Bonchev–Trinajstić information content (AvgIpc) is 3.04. The first kappa shape index (κ1) is 21.4. The molecule has 7 nitrogen and oxygen atoms in total. The average molecular weight is 410 g/mol. The number of nitrogens with one attached hydrogen (secondary N) is 1. The molecule has 30 heavy (non-hydrogen) atoms. The van der Waals surface area contributed by atoms with Gasteiger partial charge in [0.05, 0.1) is 0 Å². The van der Waals surface area contributed by atoms with E-state index in [0.717, 1.165) is 22.3 Å². The first-order chi connectivity index (χ1) is 14.4. The number of alkyl carbamates (subject to hydrolysis) is 1. The summed E-state index contributed by atoms with van der Waals surface area (Å²) in [6.45, 7) is 3.42. The molecular formula is C23H26N2O5. The van der Waals surface area contributed by atoms with Gasteiger partial charge >= 0.3 is 12.1 Å². The van der Waals surface area contributed by atoms with Crippen molar-refractivity contribution in [2.24, 2.45) is 0 Å². The van der Waals surface area contributed by atoms with E-state index in [9.17, 15) is 14.4 Å². The maximum absolute atomic E-state index is 12.2. The predicted octanol–water partition coefficient (Wildman–Crippen LogP) is 3.24. The SMILES string of the molecule is CC(C)N(CC(=O)O)C(=O)CCNC(=O)OCC1c2ccccc2-c2ccccc21. The van der Waals surface area contributed by atoms with Crippen molar-refractivity contribution in [3.8, 4) is 11.1 Å². The summed E-state index contributed by atoms with van der Waals surface area (Å²) in [5.74, 6) is -1.43. The van der Waals surface area contributed by atoms with Crippen LogP contribution in [0.4, 0.5) is 4.79 Å². The molecule has 2 N–H and O–H groups in total. The number of ether oxygens (including phenoxy) is 1. The zero-order valence-corrected chi connectivity index (χ0v) is 17.1. The van der Waals surface area contributed by atoms with Crippen LogP contribution in [0.25, 0.3) is 11.1 Å². The van der Waals surface area contributed by atoms with E-state index in [0.29, 0.717) is 0 Å². The van der Waals surface area contributed by atoms with Crippen LogP contribution in [0.15, 0.2) is 48.5 Å². The van der Waals surface area contributed by atoms with Gasteiger partial charge in [0.15, 0.2) is 0 Å². The molecule has 1 aliphatic carbocycles. The molecule has 0 saturated carbocycles. The first-order valence-corrected chi connectivity index (χ1v) is 9.98. The molecule has 2 aromatic rings. The maximum Gasteiger partial charge on any atom is 0.407 e. The number of rotatable bonds is 8. The lowest BCUT2D eigenvalue weighted by Gasteiger charge is -2.24. The summed E-state index contributed by atoms with van der Waals surface area (Å²) in [5, 5.41) is 11.5. The molecule has 1 aliphatic rings. The summed E-state index contributed by atoms with van der Waals surface area (Å²) in [4.78, 5) is 36.5. The van der Waals surface area contributed by atoms with Gasteiger partial charge in [0.2, 0.25) is 5.91 Å². The maximum atomic E-state index is 12.2. The summed E-state index contributed by atoms with van der Waals surface area (Å²) in [6, 6.07) is 15.9. The Morgan fingerprint density at radius 2 is 1.60 bits per heavy atom. The third-order valence-electron chi connectivity index (χ3n) is 5.20. The Bertz CT molecular complexity index is 895. The van der Waals surface area contributed by atoms with E-state index in [4.69, 9.17) is 9.84 Å². The Kier molecular flexibility index (Phi) is 6.72. The van der Waals surface area contributed by atoms with Crippen molar-refractivity contribution >= 4 is 18.0 Å².